The number of likely N-dealkylation sites (tertiary alicyclic amines) is 1. The third-order valence-corrected chi connectivity index (χ3v) is 5.89. The molecule has 3 rings (SSSR count). The Morgan fingerprint density at radius 2 is 2.00 bits per heavy atom. The van der Waals surface area contributed by atoms with Crippen molar-refractivity contribution in [2.45, 2.75) is 44.6 Å². The van der Waals surface area contributed by atoms with Crippen LogP contribution in [0.3, 0.4) is 0 Å². The van der Waals surface area contributed by atoms with E-state index in [1.165, 1.54) is 16.9 Å². The van der Waals surface area contributed by atoms with Gasteiger partial charge in [0.25, 0.3) is 5.91 Å². The van der Waals surface area contributed by atoms with E-state index in [1.807, 2.05) is 33.9 Å². The molecule has 0 bridgehead atoms. The van der Waals surface area contributed by atoms with Gasteiger partial charge in [-0.3, -0.25) is 9.59 Å². The quantitative estimate of drug-likeness (QED) is 0.701. The Bertz CT molecular complexity index is 759. The summed E-state index contributed by atoms with van der Waals surface area (Å²) >= 11 is 1.50. The van der Waals surface area contributed by atoms with Crippen LogP contribution >= 0.6 is 11.3 Å². The number of ether oxygens (including phenoxy) is 1. The number of hydrogen-bond acceptors (Lipinski definition) is 4. The van der Waals surface area contributed by atoms with Gasteiger partial charge in [-0.2, -0.15) is 11.3 Å². The van der Waals surface area contributed by atoms with Gasteiger partial charge >= 0.3 is 0 Å². The summed E-state index contributed by atoms with van der Waals surface area (Å²) in [4.78, 5) is 26.9. The highest BCUT2D eigenvalue weighted by Crippen LogP contribution is 2.31. The van der Waals surface area contributed by atoms with Crippen LogP contribution in [-0.2, 0) is 4.79 Å². The molecule has 0 spiro atoms. The van der Waals surface area contributed by atoms with Crippen LogP contribution in [0, 0.1) is 0 Å². The number of nitrogens with one attached hydrogen (secondary N) is 1. The van der Waals surface area contributed by atoms with E-state index >= 15 is 0 Å². The largest absolute Gasteiger partial charge is 0.497 e. The molecule has 2 heterocycles. The lowest BCUT2D eigenvalue weighted by atomic mass is 10.00. The lowest BCUT2D eigenvalue weighted by Gasteiger charge is -2.31. The van der Waals surface area contributed by atoms with Crippen molar-refractivity contribution in [2.75, 3.05) is 20.2 Å². The first-order valence-electron chi connectivity index (χ1n) is 9.93. The molecule has 1 N–H and O–H groups in total. The van der Waals surface area contributed by atoms with Gasteiger partial charge in [0.15, 0.2) is 0 Å². The molecule has 28 heavy (non-hydrogen) atoms. The summed E-state index contributed by atoms with van der Waals surface area (Å²) in [6, 6.07) is 9.99. The number of benzene rings is 1. The van der Waals surface area contributed by atoms with E-state index in [0.717, 1.165) is 38.0 Å². The molecule has 6 heteroatoms. The predicted molar refractivity (Wildman–Crippen MR) is 112 cm³/mol. The fourth-order valence-electron chi connectivity index (χ4n) is 3.66. The molecule has 1 saturated heterocycles. The molecule has 1 atom stereocenters. The molecule has 150 valence electrons. The normalized spacial score (nSPS) is 17.0. The van der Waals surface area contributed by atoms with Crippen molar-refractivity contribution in [3.63, 3.8) is 0 Å². The van der Waals surface area contributed by atoms with Gasteiger partial charge in [-0.05, 0) is 48.4 Å². The molecule has 1 aliphatic heterocycles. The van der Waals surface area contributed by atoms with E-state index in [4.69, 9.17) is 4.74 Å². The summed E-state index contributed by atoms with van der Waals surface area (Å²) in [6.07, 6.45) is 5.45. The second-order valence-corrected chi connectivity index (χ2v) is 7.88. The van der Waals surface area contributed by atoms with E-state index in [0.29, 0.717) is 24.9 Å². The fraction of sp³-hybridized carbons (Fsp3) is 0.455. The van der Waals surface area contributed by atoms with Crippen LogP contribution < -0.4 is 10.1 Å². The molecular formula is C22H28N2O3S. The molecule has 0 unspecified atom stereocenters. The molecule has 1 aromatic heterocycles. The Labute approximate surface area is 170 Å². The van der Waals surface area contributed by atoms with Crippen LogP contribution in [0.15, 0.2) is 41.1 Å². The van der Waals surface area contributed by atoms with Crippen LogP contribution in [0.2, 0.25) is 0 Å². The van der Waals surface area contributed by atoms with E-state index in [-0.39, 0.29) is 17.9 Å². The minimum atomic E-state index is -0.0698. The van der Waals surface area contributed by atoms with E-state index in [2.05, 4.69) is 17.4 Å². The Kier molecular flexibility index (Phi) is 7.48. The number of hydrogen-bond donors (Lipinski definition) is 1. The van der Waals surface area contributed by atoms with E-state index < -0.39 is 0 Å². The van der Waals surface area contributed by atoms with Crippen LogP contribution in [0.4, 0.5) is 0 Å². The molecular weight excluding hydrogens is 372 g/mol. The monoisotopic (exact) mass is 400 g/mol. The second-order valence-electron chi connectivity index (χ2n) is 7.10. The van der Waals surface area contributed by atoms with Crippen molar-refractivity contribution in [3.05, 3.63) is 52.2 Å². The van der Waals surface area contributed by atoms with Crippen molar-refractivity contribution in [2.24, 2.45) is 0 Å². The zero-order valence-corrected chi connectivity index (χ0v) is 17.2. The zero-order valence-electron chi connectivity index (χ0n) is 16.4. The van der Waals surface area contributed by atoms with Gasteiger partial charge in [0.2, 0.25) is 5.91 Å². The van der Waals surface area contributed by atoms with Crippen LogP contribution in [-0.4, -0.2) is 36.9 Å². The Balaban J connectivity index is 1.55. The first-order chi connectivity index (χ1) is 13.7. The highest BCUT2D eigenvalue weighted by molar-refractivity contribution is 7.08. The molecule has 0 radical (unpaired) electrons. The number of carbonyl (C=O) groups is 2. The molecule has 2 amide bonds. The fourth-order valence-corrected chi connectivity index (χ4v) is 4.30. The van der Waals surface area contributed by atoms with Gasteiger partial charge in [-0.1, -0.05) is 25.0 Å². The van der Waals surface area contributed by atoms with Crippen molar-refractivity contribution in [1.29, 1.82) is 0 Å². The summed E-state index contributed by atoms with van der Waals surface area (Å²) in [6.45, 7) is 1.32. The molecule has 2 aromatic rings. The van der Waals surface area contributed by atoms with Gasteiger partial charge in [0.05, 0.1) is 13.2 Å². The summed E-state index contributed by atoms with van der Waals surface area (Å²) in [5, 5.41) is 6.61. The molecule has 0 saturated carbocycles. The number of methoxy groups -OCH3 is 1. The topological polar surface area (TPSA) is 58.6 Å². The minimum Gasteiger partial charge on any atom is -0.497 e. The Morgan fingerprint density at radius 3 is 2.71 bits per heavy atom. The average Bonchev–Trinajstić information content (AvgIpc) is 3.16. The zero-order chi connectivity index (χ0) is 19.8. The highest BCUT2D eigenvalue weighted by atomic mass is 32.1. The number of nitrogens with zero attached hydrogens (tertiary/aromatic N) is 1. The molecule has 1 aromatic carbocycles. The predicted octanol–water partition coefficient (Wildman–Crippen LogP) is 4.41. The van der Waals surface area contributed by atoms with Crippen molar-refractivity contribution >= 4 is 23.2 Å². The smallest absolute Gasteiger partial charge is 0.252 e. The Hall–Kier alpha value is -2.34. The first kappa shape index (κ1) is 20.4. The van der Waals surface area contributed by atoms with Gasteiger partial charge in [-0.25, -0.2) is 0 Å². The maximum Gasteiger partial charge on any atom is 0.252 e. The summed E-state index contributed by atoms with van der Waals surface area (Å²) in [7, 11) is 1.66. The first-order valence-corrected chi connectivity index (χ1v) is 10.9. The third-order valence-electron chi connectivity index (χ3n) is 5.21. The van der Waals surface area contributed by atoms with Gasteiger partial charge < -0.3 is 15.0 Å². The van der Waals surface area contributed by atoms with Crippen LogP contribution in [0.25, 0.3) is 0 Å². The average molecular weight is 401 g/mol. The summed E-state index contributed by atoms with van der Waals surface area (Å²) in [5.74, 6) is 0.934. The molecule has 1 fully saturated rings. The van der Waals surface area contributed by atoms with E-state index in [9.17, 15) is 9.59 Å². The van der Waals surface area contributed by atoms with Gasteiger partial charge in [0, 0.05) is 30.5 Å². The number of amides is 2. The standard InChI is InChI=1S/C22H28N2O3S/c1-27-19-10-8-17(9-11-19)20-6-3-2-4-14-24(20)21(25)7-5-13-23-22(26)18-12-15-28-16-18/h8-12,15-16,20H,2-7,13-14H2,1H3,(H,23,26)/t20-/m0/s1. The maximum atomic E-state index is 12.9. The maximum absolute atomic E-state index is 12.9. The lowest BCUT2D eigenvalue weighted by Crippen LogP contribution is -2.35. The summed E-state index contributed by atoms with van der Waals surface area (Å²) in [5.41, 5.74) is 1.85. The van der Waals surface area contributed by atoms with Crippen molar-refractivity contribution < 1.29 is 14.3 Å². The Morgan fingerprint density at radius 1 is 1.18 bits per heavy atom. The number of thiophene rings is 1. The molecule has 0 aliphatic carbocycles. The third kappa shape index (κ3) is 5.35. The highest BCUT2D eigenvalue weighted by Gasteiger charge is 2.26. The number of carbonyl (C=O) groups excluding carboxylic acids is 2. The van der Waals surface area contributed by atoms with Gasteiger partial charge in [-0.15, -0.1) is 0 Å². The number of rotatable bonds is 7. The second kappa shape index (κ2) is 10.3. The van der Waals surface area contributed by atoms with Gasteiger partial charge in [0.1, 0.15) is 5.75 Å². The van der Waals surface area contributed by atoms with E-state index in [1.54, 1.807) is 7.11 Å². The SMILES string of the molecule is COc1ccc([C@@H]2CCCCCN2C(=O)CCCNC(=O)c2ccsc2)cc1. The molecule has 1 aliphatic rings. The minimum absolute atomic E-state index is 0.0698. The molecule has 5 nitrogen and oxygen atoms in total. The van der Waals surface area contributed by atoms with Crippen molar-refractivity contribution in [1.82, 2.24) is 10.2 Å². The van der Waals surface area contributed by atoms with Crippen LogP contribution in [0.5, 0.6) is 5.75 Å². The van der Waals surface area contributed by atoms with Crippen LogP contribution in [0.1, 0.15) is 60.5 Å². The lowest BCUT2D eigenvalue weighted by molar-refractivity contribution is -0.133. The van der Waals surface area contributed by atoms with Crippen molar-refractivity contribution in [3.8, 4) is 5.75 Å². The summed E-state index contributed by atoms with van der Waals surface area (Å²) < 4.78 is 5.25.